The van der Waals surface area contributed by atoms with Crippen molar-refractivity contribution in [2.75, 3.05) is 13.2 Å². The quantitative estimate of drug-likeness (QED) is 0.508. The topological polar surface area (TPSA) is 23.4 Å². The third-order valence-corrected chi connectivity index (χ3v) is 5.27. The lowest BCUT2D eigenvalue weighted by Gasteiger charge is -2.17. The number of hydrogen-bond acceptors (Lipinski definition) is 3. The first-order valence-corrected chi connectivity index (χ1v) is 8.83. The van der Waals surface area contributed by atoms with Crippen LogP contribution in [-0.2, 0) is 0 Å². The fourth-order valence-corrected chi connectivity index (χ4v) is 4.19. The third kappa shape index (κ3) is 2.03. The smallest absolute Gasteiger partial charge is 0.181 e. The number of benzene rings is 2. The Labute approximate surface area is 143 Å². The molecule has 2 aromatic carbocycles. The number of thiophene rings is 1. The van der Waals surface area contributed by atoms with Crippen LogP contribution in [0.4, 0.5) is 0 Å². The maximum atomic E-state index is 5.87. The van der Waals surface area contributed by atoms with Crippen LogP contribution in [0.25, 0.3) is 27.0 Å². The maximum absolute atomic E-state index is 5.87. The molecule has 0 saturated heterocycles. The molecule has 0 saturated carbocycles. The molecule has 1 aliphatic heterocycles. The van der Waals surface area contributed by atoms with Crippen molar-refractivity contribution < 1.29 is 9.47 Å². The highest BCUT2D eigenvalue weighted by molar-refractivity contribution is 7.14. The van der Waals surface area contributed by atoms with Gasteiger partial charge in [0, 0.05) is 17.0 Å². The van der Waals surface area contributed by atoms with Gasteiger partial charge in [-0.1, -0.05) is 36.4 Å². The summed E-state index contributed by atoms with van der Waals surface area (Å²) >= 11 is 1.67. The van der Waals surface area contributed by atoms with E-state index in [0.717, 1.165) is 22.1 Å². The zero-order valence-electron chi connectivity index (χ0n) is 12.9. The molecule has 0 amide bonds. The Bertz CT molecular complexity index is 1030. The van der Waals surface area contributed by atoms with Gasteiger partial charge in [-0.3, -0.25) is 0 Å². The molecule has 0 N–H and O–H groups in total. The summed E-state index contributed by atoms with van der Waals surface area (Å²) in [6.45, 7) is 1.22. The van der Waals surface area contributed by atoms with E-state index in [1.807, 2.05) is 5.38 Å². The molecular formula is C20H15NO2S. The van der Waals surface area contributed by atoms with Crippen LogP contribution in [0.15, 0.2) is 66.2 Å². The summed E-state index contributed by atoms with van der Waals surface area (Å²) in [7, 11) is 0. The van der Waals surface area contributed by atoms with E-state index < -0.39 is 0 Å². The van der Waals surface area contributed by atoms with Gasteiger partial charge in [-0.2, -0.15) is 0 Å². The van der Waals surface area contributed by atoms with E-state index in [2.05, 4.69) is 65.4 Å². The summed E-state index contributed by atoms with van der Waals surface area (Å²) in [4.78, 5) is 1.11. The molecule has 4 heteroatoms. The molecule has 0 bridgehead atoms. The second-order valence-electron chi connectivity index (χ2n) is 5.72. The Balaban J connectivity index is 1.72. The van der Waals surface area contributed by atoms with Crippen molar-refractivity contribution in [2.24, 2.45) is 0 Å². The molecule has 3 nitrogen and oxygen atoms in total. The number of fused-ring (bicyclic) bond motifs is 2. The Hall–Kier alpha value is -2.72. The van der Waals surface area contributed by atoms with Crippen molar-refractivity contribution in [1.82, 2.24) is 4.57 Å². The van der Waals surface area contributed by atoms with Crippen molar-refractivity contribution in [3.63, 3.8) is 0 Å². The van der Waals surface area contributed by atoms with Gasteiger partial charge in [0.2, 0.25) is 0 Å². The second-order valence-corrected chi connectivity index (χ2v) is 6.60. The molecule has 2 aromatic heterocycles. The number of aromatic nitrogens is 1. The van der Waals surface area contributed by atoms with Crippen LogP contribution in [0.2, 0.25) is 0 Å². The van der Waals surface area contributed by atoms with E-state index in [1.54, 1.807) is 11.3 Å². The molecule has 0 aliphatic carbocycles. The van der Waals surface area contributed by atoms with Crippen molar-refractivity contribution in [3.8, 4) is 27.8 Å². The summed E-state index contributed by atoms with van der Waals surface area (Å²) in [6.07, 6.45) is 2.10. The normalized spacial score (nSPS) is 13.3. The molecule has 0 spiro atoms. The fraction of sp³-hybridized carbons (Fsp3) is 0.100. The van der Waals surface area contributed by atoms with Gasteiger partial charge in [-0.25, -0.2) is 0 Å². The van der Waals surface area contributed by atoms with Gasteiger partial charge in [0.15, 0.2) is 11.5 Å². The summed E-state index contributed by atoms with van der Waals surface area (Å²) in [5, 5.41) is 4.51. The van der Waals surface area contributed by atoms with Gasteiger partial charge < -0.3 is 14.0 Å². The predicted molar refractivity (Wildman–Crippen MR) is 97.6 cm³/mol. The highest BCUT2D eigenvalue weighted by Crippen LogP contribution is 2.46. The standard InChI is InChI=1S/C20H15NO2S/c1-2-7-15-14(5-1)6-3-8-16(15)21-10-4-9-17(21)20-19-18(13-24-20)22-11-12-23-19/h1-10,13H,11-12H2. The minimum absolute atomic E-state index is 0.603. The first-order chi connectivity index (χ1) is 11.9. The lowest BCUT2D eigenvalue weighted by molar-refractivity contribution is 0.174. The molecule has 0 unspecified atom stereocenters. The summed E-state index contributed by atoms with van der Waals surface area (Å²) in [5.41, 5.74) is 2.30. The Morgan fingerprint density at radius 3 is 2.75 bits per heavy atom. The van der Waals surface area contributed by atoms with Crippen LogP contribution in [0, 0.1) is 0 Å². The van der Waals surface area contributed by atoms with E-state index in [1.165, 1.54) is 16.5 Å². The Kier molecular flexibility index (Phi) is 3.10. The highest BCUT2D eigenvalue weighted by Gasteiger charge is 2.22. The molecule has 1 aliphatic rings. The van der Waals surface area contributed by atoms with Gasteiger partial charge in [-0.05, 0) is 23.6 Å². The van der Waals surface area contributed by atoms with Gasteiger partial charge in [-0.15, -0.1) is 11.3 Å². The van der Waals surface area contributed by atoms with Crippen LogP contribution in [0.5, 0.6) is 11.5 Å². The molecule has 0 fully saturated rings. The van der Waals surface area contributed by atoms with Crippen molar-refractivity contribution in [3.05, 3.63) is 66.2 Å². The van der Waals surface area contributed by atoms with Crippen LogP contribution < -0.4 is 9.47 Å². The largest absolute Gasteiger partial charge is 0.485 e. The van der Waals surface area contributed by atoms with Crippen LogP contribution in [0.1, 0.15) is 0 Å². The van der Waals surface area contributed by atoms with Crippen LogP contribution >= 0.6 is 11.3 Å². The van der Waals surface area contributed by atoms with Gasteiger partial charge in [0.05, 0.1) is 16.3 Å². The first kappa shape index (κ1) is 13.7. The number of rotatable bonds is 2. The van der Waals surface area contributed by atoms with E-state index in [-0.39, 0.29) is 0 Å². The van der Waals surface area contributed by atoms with Gasteiger partial charge >= 0.3 is 0 Å². The number of ether oxygens (including phenoxy) is 2. The lowest BCUT2D eigenvalue weighted by atomic mass is 10.1. The van der Waals surface area contributed by atoms with Crippen molar-refractivity contribution >= 4 is 22.1 Å². The third-order valence-electron chi connectivity index (χ3n) is 4.31. The van der Waals surface area contributed by atoms with Gasteiger partial charge in [0.1, 0.15) is 13.2 Å². The SMILES string of the molecule is c1ccc2c(-n3cccc3-c3scc4c3OCCO4)cccc2c1. The summed E-state index contributed by atoms with van der Waals surface area (Å²) in [6, 6.07) is 19.1. The Morgan fingerprint density at radius 1 is 0.875 bits per heavy atom. The zero-order valence-corrected chi connectivity index (χ0v) is 13.8. The molecule has 4 aromatic rings. The summed E-state index contributed by atoms with van der Waals surface area (Å²) < 4.78 is 13.8. The molecule has 3 heterocycles. The molecule has 118 valence electrons. The first-order valence-electron chi connectivity index (χ1n) is 7.95. The van der Waals surface area contributed by atoms with E-state index in [0.29, 0.717) is 13.2 Å². The monoisotopic (exact) mass is 333 g/mol. The van der Waals surface area contributed by atoms with E-state index in [9.17, 15) is 0 Å². The minimum Gasteiger partial charge on any atom is -0.485 e. The molecule has 5 rings (SSSR count). The zero-order chi connectivity index (χ0) is 15.9. The highest BCUT2D eigenvalue weighted by atomic mass is 32.1. The average molecular weight is 333 g/mol. The fourth-order valence-electron chi connectivity index (χ4n) is 3.23. The minimum atomic E-state index is 0.603. The molecule has 0 atom stereocenters. The van der Waals surface area contributed by atoms with E-state index >= 15 is 0 Å². The van der Waals surface area contributed by atoms with Crippen molar-refractivity contribution in [2.45, 2.75) is 0 Å². The second kappa shape index (κ2) is 5.42. The van der Waals surface area contributed by atoms with E-state index in [4.69, 9.17) is 9.47 Å². The van der Waals surface area contributed by atoms with Crippen LogP contribution in [-0.4, -0.2) is 17.8 Å². The predicted octanol–water partition coefficient (Wildman–Crippen LogP) is 5.13. The lowest BCUT2D eigenvalue weighted by Crippen LogP contribution is -2.14. The average Bonchev–Trinajstić information content (AvgIpc) is 3.27. The van der Waals surface area contributed by atoms with Gasteiger partial charge in [0.25, 0.3) is 0 Å². The molecular weight excluding hydrogens is 318 g/mol. The Morgan fingerprint density at radius 2 is 1.75 bits per heavy atom. The molecule has 24 heavy (non-hydrogen) atoms. The summed E-state index contributed by atoms with van der Waals surface area (Å²) in [5.74, 6) is 1.72. The van der Waals surface area contributed by atoms with Crippen molar-refractivity contribution in [1.29, 1.82) is 0 Å². The molecule has 0 radical (unpaired) electrons. The number of nitrogens with zero attached hydrogens (tertiary/aromatic N) is 1. The maximum Gasteiger partial charge on any atom is 0.181 e. The van der Waals surface area contributed by atoms with Crippen LogP contribution in [0.3, 0.4) is 0 Å². The number of hydrogen-bond donors (Lipinski definition) is 0.